The lowest BCUT2D eigenvalue weighted by Gasteiger charge is -2.11. The molecule has 11 rings (SSSR count). The standard InChI is InChI=1S/C54H35N3O2/c1-55-53(39-31-26-34-12-2-3-14-38(34)32-39)57-54(56-33-40-16-9-21-45-44-18-6-7-23-47(44)59-52(40)45)46-22-11-25-49-51(46)50-43(20-10-24-48(50)58-49)37-29-27-36(28-30-37)42-19-8-15-35-13-4-5-17-41(35)42/h2-32H,1,33H2. The SMILES string of the molecule is C=NC(=NC(=NCc1cccc2c1oc1ccccc12)c1cccc2oc3cccc(-c4ccc(-c5cccc6ccccc56)cc4)c3c12)c1ccc2ccccc2c1. The fraction of sp³-hybridized carbons (Fsp3) is 0.0185. The molecule has 0 saturated carbocycles. The van der Waals surface area contributed by atoms with Crippen LogP contribution in [0.25, 0.3) is 87.7 Å². The second-order valence-corrected chi connectivity index (χ2v) is 14.8. The lowest BCUT2D eigenvalue weighted by Crippen LogP contribution is -2.06. The monoisotopic (exact) mass is 757 g/mol. The first-order valence-electron chi connectivity index (χ1n) is 19.7. The molecule has 278 valence electrons. The molecular formula is C54H35N3O2. The van der Waals surface area contributed by atoms with Gasteiger partial charge in [-0.3, -0.25) is 4.99 Å². The van der Waals surface area contributed by atoms with E-state index in [0.717, 1.165) is 88.0 Å². The summed E-state index contributed by atoms with van der Waals surface area (Å²) in [5, 5.41) is 8.75. The zero-order chi connectivity index (χ0) is 39.3. The molecule has 0 aliphatic rings. The van der Waals surface area contributed by atoms with Crippen LogP contribution in [0.3, 0.4) is 0 Å². The van der Waals surface area contributed by atoms with Crippen LogP contribution in [0.15, 0.2) is 212 Å². The third-order valence-electron chi connectivity index (χ3n) is 11.3. The molecule has 0 saturated heterocycles. The van der Waals surface area contributed by atoms with Crippen LogP contribution in [0.1, 0.15) is 16.7 Å². The number of amidine groups is 2. The fourth-order valence-electron chi connectivity index (χ4n) is 8.49. The van der Waals surface area contributed by atoms with Crippen molar-refractivity contribution in [1.29, 1.82) is 0 Å². The van der Waals surface area contributed by atoms with Crippen LogP contribution >= 0.6 is 0 Å². The van der Waals surface area contributed by atoms with Crippen LogP contribution in [-0.4, -0.2) is 18.4 Å². The van der Waals surface area contributed by atoms with Crippen molar-refractivity contribution in [3.8, 4) is 22.3 Å². The number of benzene rings is 9. The lowest BCUT2D eigenvalue weighted by molar-refractivity contribution is 0.663. The van der Waals surface area contributed by atoms with E-state index < -0.39 is 0 Å². The molecule has 0 N–H and O–H groups in total. The van der Waals surface area contributed by atoms with Crippen LogP contribution in [0.5, 0.6) is 0 Å². The molecular weight excluding hydrogens is 723 g/mol. The van der Waals surface area contributed by atoms with E-state index in [2.05, 4.69) is 145 Å². The Hall–Kier alpha value is -7.89. The first-order chi connectivity index (χ1) is 29.2. The molecule has 0 aliphatic heterocycles. The molecule has 59 heavy (non-hydrogen) atoms. The Morgan fingerprint density at radius 1 is 0.458 bits per heavy atom. The van der Waals surface area contributed by atoms with Crippen molar-refractivity contribution >= 4 is 83.8 Å². The molecule has 0 radical (unpaired) electrons. The van der Waals surface area contributed by atoms with Crippen molar-refractivity contribution in [1.82, 2.24) is 0 Å². The summed E-state index contributed by atoms with van der Waals surface area (Å²) in [5.74, 6) is 0.994. The van der Waals surface area contributed by atoms with E-state index in [4.69, 9.17) is 18.8 Å². The van der Waals surface area contributed by atoms with Crippen molar-refractivity contribution in [3.05, 3.63) is 205 Å². The van der Waals surface area contributed by atoms with Gasteiger partial charge in [0, 0.05) is 38.2 Å². The van der Waals surface area contributed by atoms with E-state index in [-0.39, 0.29) is 0 Å². The molecule has 0 aliphatic carbocycles. The predicted molar refractivity (Wildman–Crippen MR) is 246 cm³/mol. The highest BCUT2D eigenvalue weighted by Crippen LogP contribution is 2.40. The van der Waals surface area contributed by atoms with Crippen molar-refractivity contribution in [2.24, 2.45) is 15.0 Å². The highest BCUT2D eigenvalue weighted by molar-refractivity contribution is 6.24. The molecule has 5 heteroatoms. The summed E-state index contributed by atoms with van der Waals surface area (Å²) in [5.41, 5.74) is 10.4. The maximum atomic E-state index is 6.61. The summed E-state index contributed by atoms with van der Waals surface area (Å²) in [7, 11) is 0. The minimum Gasteiger partial charge on any atom is -0.456 e. The number of nitrogens with zero attached hydrogens (tertiary/aromatic N) is 3. The Bertz CT molecular complexity index is 3490. The van der Waals surface area contributed by atoms with Gasteiger partial charge in [0.1, 0.15) is 22.3 Å². The third-order valence-corrected chi connectivity index (χ3v) is 11.3. The summed E-state index contributed by atoms with van der Waals surface area (Å²) in [4.78, 5) is 15.1. The molecule has 5 nitrogen and oxygen atoms in total. The van der Waals surface area contributed by atoms with Crippen LogP contribution < -0.4 is 0 Å². The number of furan rings is 2. The van der Waals surface area contributed by atoms with Crippen molar-refractivity contribution in [2.75, 3.05) is 0 Å². The zero-order valence-electron chi connectivity index (χ0n) is 32.0. The molecule has 0 atom stereocenters. The van der Waals surface area contributed by atoms with Gasteiger partial charge in [0.2, 0.25) is 0 Å². The van der Waals surface area contributed by atoms with Gasteiger partial charge in [0.15, 0.2) is 11.7 Å². The summed E-state index contributed by atoms with van der Waals surface area (Å²) >= 11 is 0. The Kier molecular flexibility index (Phi) is 8.30. The van der Waals surface area contributed by atoms with Crippen molar-refractivity contribution < 1.29 is 8.83 Å². The molecule has 0 spiro atoms. The largest absolute Gasteiger partial charge is 0.456 e. The van der Waals surface area contributed by atoms with Crippen LogP contribution in [0.2, 0.25) is 0 Å². The molecule has 0 amide bonds. The van der Waals surface area contributed by atoms with Gasteiger partial charge in [-0.1, -0.05) is 164 Å². The smallest absolute Gasteiger partial charge is 0.161 e. The fourth-order valence-corrected chi connectivity index (χ4v) is 8.49. The molecule has 0 bridgehead atoms. The first kappa shape index (κ1) is 34.4. The van der Waals surface area contributed by atoms with Gasteiger partial charge < -0.3 is 8.83 Å². The van der Waals surface area contributed by atoms with E-state index in [9.17, 15) is 0 Å². The molecule has 2 heterocycles. The summed E-state index contributed by atoms with van der Waals surface area (Å²) < 4.78 is 13.0. The zero-order valence-corrected chi connectivity index (χ0v) is 32.0. The molecule has 0 fully saturated rings. The maximum absolute atomic E-state index is 6.61. The number of para-hydroxylation sites is 2. The van der Waals surface area contributed by atoms with Crippen molar-refractivity contribution in [2.45, 2.75) is 6.54 Å². The Balaban J connectivity index is 1.09. The molecule has 2 aromatic heterocycles. The highest BCUT2D eigenvalue weighted by atomic mass is 16.3. The van der Waals surface area contributed by atoms with E-state index >= 15 is 0 Å². The summed E-state index contributed by atoms with van der Waals surface area (Å²) in [6, 6.07) is 65.0. The number of fused-ring (bicyclic) bond motifs is 8. The van der Waals surface area contributed by atoms with Crippen LogP contribution in [0, 0.1) is 0 Å². The molecule has 9 aromatic carbocycles. The maximum Gasteiger partial charge on any atom is 0.161 e. The van der Waals surface area contributed by atoms with E-state index in [1.807, 2.05) is 54.6 Å². The molecule has 11 aromatic rings. The Morgan fingerprint density at radius 3 is 1.93 bits per heavy atom. The second-order valence-electron chi connectivity index (χ2n) is 14.8. The predicted octanol–water partition coefficient (Wildman–Crippen LogP) is 14.2. The quantitative estimate of drug-likeness (QED) is 0.125. The number of hydrogen-bond donors (Lipinski definition) is 0. The number of aliphatic imine (C=N–C) groups is 3. The number of hydrogen-bond acceptors (Lipinski definition) is 3. The lowest BCUT2D eigenvalue weighted by atomic mass is 9.94. The molecule has 0 unspecified atom stereocenters. The number of rotatable bonds is 6. The van der Waals surface area contributed by atoms with Crippen molar-refractivity contribution in [3.63, 3.8) is 0 Å². The topological polar surface area (TPSA) is 63.4 Å². The average Bonchev–Trinajstić information content (AvgIpc) is 3.88. The second kappa shape index (κ2) is 14.2. The summed E-state index contributed by atoms with van der Waals surface area (Å²) in [6.45, 7) is 4.31. The van der Waals surface area contributed by atoms with E-state index in [1.54, 1.807) is 0 Å². The Labute approximate surface area is 339 Å². The van der Waals surface area contributed by atoms with Gasteiger partial charge in [0.05, 0.1) is 6.54 Å². The van der Waals surface area contributed by atoms with Gasteiger partial charge >= 0.3 is 0 Å². The summed E-state index contributed by atoms with van der Waals surface area (Å²) in [6.07, 6.45) is 0. The highest BCUT2D eigenvalue weighted by Gasteiger charge is 2.20. The first-order valence-corrected chi connectivity index (χ1v) is 19.7. The van der Waals surface area contributed by atoms with E-state index in [0.29, 0.717) is 18.2 Å². The van der Waals surface area contributed by atoms with Gasteiger partial charge in [-0.25, -0.2) is 9.98 Å². The third kappa shape index (κ3) is 5.99. The van der Waals surface area contributed by atoms with Gasteiger partial charge in [-0.15, -0.1) is 0 Å². The van der Waals surface area contributed by atoms with Gasteiger partial charge in [-0.2, -0.15) is 0 Å². The minimum absolute atomic E-state index is 0.326. The van der Waals surface area contributed by atoms with Gasteiger partial charge in [-0.05, 0) is 74.8 Å². The van der Waals surface area contributed by atoms with Crippen LogP contribution in [0.4, 0.5) is 0 Å². The minimum atomic E-state index is 0.326. The average molecular weight is 758 g/mol. The van der Waals surface area contributed by atoms with E-state index in [1.165, 1.54) is 16.3 Å². The van der Waals surface area contributed by atoms with Crippen LogP contribution in [-0.2, 0) is 6.54 Å². The normalized spacial score (nSPS) is 12.4. The Morgan fingerprint density at radius 2 is 1.08 bits per heavy atom. The van der Waals surface area contributed by atoms with Gasteiger partial charge in [0.25, 0.3) is 0 Å².